The van der Waals surface area contributed by atoms with E-state index in [9.17, 15) is 0 Å². The number of aromatic amines is 1. The molecule has 1 aliphatic rings. The van der Waals surface area contributed by atoms with Gasteiger partial charge in [0.2, 0.25) is 0 Å². The second kappa shape index (κ2) is 4.80. The van der Waals surface area contributed by atoms with Crippen molar-refractivity contribution in [1.29, 1.82) is 0 Å². The molecule has 0 unspecified atom stereocenters. The lowest BCUT2D eigenvalue weighted by Gasteiger charge is -2.12. The van der Waals surface area contributed by atoms with E-state index in [2.05, 4.69) is 64.9 Å². The Labute approximate surface area is 118 Å². The number of nitrogens with one attached hydrogen (secondary N) is 2. The molecule has 3 aromatic rings. The molecule has 1 atom stereocenters. The van der Waals surface area contributed by atoms with Crippen molar-refractivity contribution in [3.05, 3.63) is 60.2 Å². The van der Waals surface area contributed by atoms with Crippen molar-refractivity contribution >= 4 is 10.9 Å². The van der Waals surface area contributed by atoms with Crippen LogP contribution >= 0.6 is 0 Å². The predicted octanol–water partition coefficient (Wildman–Crippen LogP) is 4.26. The summed E-state index contributed by atoms with van der Waals surface area (Å²) in [5, 5.41) is 4.99. The van der Waals surface area contributed by atoms with E-state index in [-0.39, 0.29) is 0 Å². The van der Waals surface area contributed by atoms with Crippen molar-refractivity contribution in [2.45, 2.75) is 18.9 Å². The third-order valence-corrected chi connectivity index (χ3v) is 4.22. The molecule has 0 bridgehead atoms. The van der Waals surface area contributed by atoms with Gasteiger partial charge in [-0.25, -0.2) is 0 Å². The SMILES string of the molecule is c1ccc(-c2[nH]c3ccccc3c2[C@@H]2CCCN2)cc1. The average Bonchev–Trinajstić information content (AvgIpc) is 3.14. The van der Waals surface area contributed by atoms with Gasteiger partial charge in [-0.3, -0.25) is 0 Å². The van der Waals surface area contributed by atoms with Crippen LogP contribution < -0.4 is 5.32 Å². The van der Waals surface area contributed by atoms with E-state index >= 15 is 0 Å². The van der Waals surface area contributed by atoms with Crippen LogP contribution in [0, 0.1) is 0 Å². The van der Waals surface area contributed by atoms with Gasteiger partial charge in [-0.15, -0.1) is 0 Å². The van der Waals surface area contributed by atoms with Gasteiger partial charge >= 0.3 is 0 Å². The molecule has 1 fully saturated rings. The summed E-state index contributed by atoms with van der Waals surface area (Å²) in [7, 11) is 0. The fraction of sp³-hybridized carbons (Fsp3) is 0.222. The highest BCUT2D eigenvalue weighted by atomic mass is 14.9. The van der Waals surface area contributed by atoms with Crippen molar-refractivity contribution in [2.24, 2.45) is 0 Å². The molecule has 1 saturated heterocycles. The first kappa shape index (κ1) is 11.7. The van der Waals surface area contributed by atoms with E-state index in [0.717, 1.165) is 6.54 Å². The lowest BCUT2D eigenvalue weighted by Crippen LogP contribution is -2.13. The molecule has 0 aliphatic carbocycles. The van der Waals surface area contributed by atoms with Crippen molar-refractivity contribution in [2.75, 3.05) is 6.54 Å². The number of hydrogen-bond acceptors (Lipinski definition) is 1. The molecule has 1 aliphatic heterocycles. The van der Waals surface area contributed by atoms with Gasteiger partial charge in [-0.2, -0.15) is 0 Å². The Morgan fingerprint density at radius 3 is 2.50 bits per heavy atom. The van der Waals surface area contributed by atoms with Gasteiger partial charge in [0, 0.05) is 22.5 Å². The fourth-order valence-corrected chi connectivity index (χ4v) is 3.29. The van der Waals surface area contributed by atoms with Crippen LogP contribution in [-0.2, 0) is 0 Å². The van der Waals surface area contributed by atoms with Crippen LogP contribution in [0.1, 0.15) is 24.4 Å². The summed E-state index contributed by atoms with van der Waals surface area (Å²) in [6.07, 6.45) is 2.49. The molecule has 0 saturated carbocycles. The number of fused-ring (bicyclic) bond motifs is 1. The first-order valence-corrected chi connectivity index (χ1v) is 7.33. The Balaban J connectivity index is 1.97. The molecule has 2 N–H and O–H groups in total. The molecule has 0 spiro atoms. The summed E-state index contributed by atoms with van der Waals surface area (Å²) < 4.78 is 0. The van der Waals surface area contributed by atoms with E-state index in [1.807, 2.05) is 0 Å². The Bertz CT molecular complexity index is 722. The molecule has 1 aromatic heterocycles. The molecule has 2 aromatic carbocycles. The van der Waals surface area contributed by atoms with Gasteiger partial charge in [-0.1, -0.05) is 48.5 Å². The van der Waals surface area contributed by atoms with E-state index in [1.54, 1.807) is 0 Å². The van der Waals surface area contributed by atoms with E-state index in [4.69, 9.17) is 0 Å². The van der Waals surface area contributed by atoms with Crippen LogP contribution in [0.3, 0.4) is 0 Å². The summed E-state index contributed by atoms with van der Waals surface area (Å²) >= 11 is 0. The van der Waals surface area contributed by atoms with Crippen LogP contribution in [0.15, 0.2) is 54.6 Å². The zero-order valence-electron chi connectivity index (χ0n) is 11.4. The molecule has 4 rings (SSSR count). The van der Waals surface area contributed by atoms with Crippen LogP contribution in [0.25, 0.3) is 22.2 Å². The monoisotopic (exact) mass is 262 g/mol. The van der Waals surface area contributed by atoms with Gasteiger partial charge in [-0.05, 0) is 31.0 Å². The summed E-state index contributed by atoms with van der Waals surface area (Å²) in [5.41, 5.74) is 5.21. The zero-order valence-corrected chi connectivity index (χ0v) is 11.4. The van der Waals surface area contributed by atoms with Gasteiger partial charge in [0.15, 0.2) is 0 Å². The maximum Gasteiger partial charge on any atom is 0.0513 e. The summed E-state index contributed by atoms with van der Waals surface area (Å²) in [6, 6.07) is 19.7. The van der Waals surface area contributed by atoms with Crippen molar-refractivity contribution in [3.63, 3.8) is 0 Å². The third-order valence-electron chi connectivity index (χ3n) is 4.22. The van der Waals surface area contributed by atoms with Crippen LogP contribution in [0.2, 0.25) is 0 Å². The van der Waals surface area contributed by atoms with Crippen LogP contribution in [-0.4, -0.2) is 11.5 Å². The number of para-hydroxylation sites is 1. The first-order valence-electron chi connectivity index (χ1n) is 7.33. The minimum atomic E-state index is 0.473. The quantitative estimate of drug-likeness (QED) is 0.709. The van der Waals surface area contributed by atoms with E-state index in [0.29, 0.717) is 6.04 Å². The minimum Gasteiger partial charge on any atom is -0.354 e. The lowest BCUT2D eigenvalue weighted by atomic mass is 9.98. The molecule has 0 amide bonds. The summed E-state index contributed by atoms with van der Waals surface area (Å²) in [6.45, 7) is 1.12. The number of aromatic nitrogens is 1. The van der Waals surface area contributed by atoms with Crippen LogP contribution in [0.5, 0.6) is 0 Å². The third kappa shape index (κ3) is 1.84. The number of hydrogen-bond donors (Lipinski definition) is 2. The van der Waals surface area contributed by atoms with Crippen molar-refractivity contribution in [3.8, 4) is 11.3 Å². The predicted molar refractivity (Wildman–Crippen MR) is 83.7 cm³/mol. The average molecular weight is 262 g/mol. The highest BCUT2D eigenvalue weighted by Crippen LogP contribution is 2.37. The van der Waals surface area contributed by atoms with E-state index in [1.165, 1.54) is 40.6 Å². The first-order chi connectivity index (χ1) is 9.93. The summed E-state index contributed by atoms with van der Waals surface area (Å²) in [4.78, 5) is 3.62. The minimum absolute atomic E-state index is 0.473. The molecule has 2 nitrogen and oxygen atoms in total. The smallest absolute Gasteiger partial charge is 0.0513 e. The number of H-pyrrole nitrogens is 1. The Morgan fingerprint density at radius 1 is 0.900 bits per heavy atom. The largest absolute Gasteiger partial charge is 0.354 e. The number of rotatable bonds is 2. The Morgan fingerprint density at radius 2 is 1.70 bits per heavy atom. The molecule has 100 valence electrons. The molecule has 2 heterocycles. The molecule has 20 heavy (non-hydrogen) atoms. The maximum absolute atomic E-state index is 3.64. The number of benzene rings is 2. The fourth-order valence-electron chi connectivity index (χ4n) is 3.29. The van der Waals surface area contributed by atoms with Gasteiger partial charge in [0.05, 0.1) is 5.69 Å². The Kier molecular flexibility index (Phi) is 2.82. The Hall–Kier alpha value is -2.06. The highest BCUT2D eigenvalue weighted by Gasteiger charge is 2.23. The highest BCUT2D eigenvalue weighted by molar-refractivity contribution is 5.91. The van der Waals surface area contributed by atoms with Gasteiger partial charge < -0.3 is 10.3 Å². The van der Waals surface area contributed by atoms with E-state index < -0.39 is 0 Å². The normalized spacial score (nSPS) is 18.7. The van der Waals surface area contributed by atoms with Crippen molar-refractivity contribution in [1.82, 2.24) is 10.3 Å². The zero-order chi connectivity index (χ0) is 13.4. The molecular formula is C18H18N2. The van der Waals surface area contributed by atoms with Gasteiger partial charge in [0.25, 0.3) is 0 Å². The van der Waals surface area contributed by atoms with Crippen molar-refractivity contribution < 1.29 is 0 Å². The van der Waals surface area contributed by atoms with Gasteiger partial charge in [0.1, 0.15) is 0 Å². The standard InChI is InChI=1S/C18H18N2/c1-2-7-13(8-3-1)18-17(16-11-6-12-19-16)14-9-4-5-10-15(14)20-18/h1-5,7-10,16,19-20H,6,11-12H2/t16-/m0/s1. The maximum atomic E-state index is 3.64. The summed E-state index contributed by atoms with van der Waals surface area (Å²) in [5.74, 6) is 0. The van der Waals surface area contributed by atoms with Crippen LogP contribution in [0.4, 0.5) is 0 Å². The second-order valence-corrected chi connectivity index (χ2v) is 5.47. The molecule has 2 heteroatoms. The molecule has 0 radical (unpaired) electrons. The topological polar surface area (TPSA) is 27.8 Å². The lowest BCUT2D eigenvalue weighted by molar-refractivity contribution is 0.654. The molecular weight excluding hydrogens is 244 g/mol. The second-order valence-electron chi connectivity index (χ2n) is 5.47.